The Morgan fingerprint density at radius 3 is 2.82 bits per heavy atom. The van der Waals surface area contributed by atoms with Crippen LogP contribution in [0.25, 0.3) is 0 Å². The number of hydrogen-bond donors (Lipinski definition) is 2. The smallest absolute Gasteiger partial charge is 0.127 e. The zero-order chi connectivity index (χ0) is 12.5. The van der Waals surface area contributed by atoms with Crippen LogP contribution < -0.4 is 5.73 Å². The quantitative estimate of drug-likeness (QED) is 0.874. The molecule has 1 saturated carbocycles. The molecular formula is C13H17ClFNO. The average molecular weight is 258 g/mol. The van der Waals surface area contributed by atoms with Gasteiger partial charge in [0, 0.05) is 22.5 Å². The van der Waals surface area contributed by atoms with Crippen LogP contribution >= 0.6 is 11.6 Å². The van der Waals surface area contributed by atoms with Gasteiger partial charge < -0.3 is 10.8 Å². The third-order valence-corrected chi connectivity index (χ3v) is 4.21. The van der Waals surface area contributed by atoms with Crippen LogP contribution in [0.4, 0.5) is 4.39 Å². The first-order chi connectivity index (χ1) is 8.09. The predicted molar refractivity (Wildman–Crippen MR) is 66.5 cm³/mol. The van der Waals surface area contributed by atoms with E-state index in [0.29, 0.717) is 23.6 Å². The van der Waals surface area contributed by atoms with Gasteiger partial charge in [-0.15, -0.1) is 0 Å². The third kappa shape index (κ3) is 2.32. The summed E-state index contributed by atoms with van der Waals surface area (Å²) in [4.78, 5) is 0. The fraction of sp³-hybridized carbons (Fsp3) is 0.538. The van der Waals surface area contributed by atoms with Gasteiger partial charge in [-0.1, -0.05) is 24.1 Å². The second kappa shape index (κ2) is 4.92. The summed E-state index contributed by atoms with van der Waals surface area (Å²) in [6.07, 6.45) is 2.46. The molecule has 2 rings (SSSR count). The van der Waals surface area contributed by atoms with Crippen molar-refractivity contribution in [3.63, 3.8) is 0 Å². The van der Waals surface area contributed by atoms with E-state index in [4.69, 9.17) is 17.3 Å². The van der Waals surface area contributed by atoms with Crippen molar-refractivity contribution >= 4 is 11.6 Å². The number of aliphatic hydroxyl groups is 1. The molecular weight excluding hydrogens is 241 g/mol. The highest BCUT2D eigenvalue weighted by atomic mass is 35.5. The van der Waals surface area contributed by atoms with Crippen LogP contribution in [0.2, 0.25) is 5.02 Å². The summed E-state index contributed by atoms with van der Waals surface area (Å²) < 4.78 is 13.7. The van der Waals surface area contributed by atoms with E-state index >= 15 is 0 Å². The minimum absolute atomic E-state index is 0.315. The lowest BCUT2D eigenvalue weighted by Crippen LogP contribution is -2.39. The van der Waals surface area contributed by atoms with E-state index in [1.165, 1.54) is 6.07 Å². The first kappa shape index (κ1) is 12.8. The minimum atomic E-state index is -0.455. The molecule has 4 heteroatoms. The van der Waals surface area contributed by atoms with E-state index in [-0.39, 0.29) is 5.82 Å². The van der Waals surface area contributed by atoms with Gasteiger partial charge in [0.15, 0.2) is 0 Å². The lowest BCUT2D eigenvalue weighted by atomic mass is 9.78. The van der Waals surface area contributed by atoms with Gasteiger partial charge in [-0.05, 0) is 31.4 Å². The molecule has 2 nitrogen and oxygen atoms in total. The van der Waals surface area contributed by atoms with Crippen molar-refractivity contribution in [3.05, 3.63) is 34.6 Å². The van der Waals surface area contributed by atoms with E-state index in [1.54, 1.807) is 12.1 Å². The molecule has 94 valence electrons. The molecule has 0 radical (unpaired) electrons. The molecule has 3 N–H and O–H groups in total. The fourth-order valence-electron chi connectivity index (χ4n) is 2.69. The fourth-order valence-corrected chi connectivity index (χ4v) is 2.92. The summed E-state index contributed by atoms with van der Waals surface area (Å²) in [7, 11) is 0. The highest BCUT2D eigenvalue weighted by Gasteiger charge is 2.41. The normalized spacial score (nSPS) is 28.6. The molecule has 0 aliphatic heterocycles. The monoisotopic (exact) mass is 257 g/mol. The van der Waals surface area contributed by atoms with Crippen LogP contribution in [0, 0.1) is 11.2 Å². The summed E-state index contributed by atoms with van der Waals surface area (Å²) in [6, 6.07) is 4.65. The maximum atomic E-state index is 13.7. The van der Waals surface area contributed by atoms with Gasteiger partial charge in [0.05, 0.1) is 6.10 Å². The minimum Gasteiger partial charge on any atom is -0.392 e. The SMILES string of the molecule is NCC1(Cc2c(F)cccc2Cl)CCCC1O. The number of rotatable bonds is 3. The highest BCUT2D eigenvalue weighted by Crippen LogP contribution is 2.41. The Hall–Kier alpha value is -0.640. The van der Waals surface area contributed by atoms with E-state index < -0.39 is 11.5 Å². The molecule has 2 atom stereocenters. The van der Waals surface area contributed by atoms with Gasteiger partial charge in [0.1, 0.15) is 5.82 Å². The summed E-state index contributed by atoms with van der Waals surface area (Å²) in [5.41, 5.74) is 5.84. The molecule has 1 aromatic carbocycles. The molecule has 1 aromatic rings. The average Bonchev–Trinajstić information content (AvgIpc) is 2.66. The van der Waals surface area contributed by atoms with Crippen LogP contribution in [-0.4, -0.2) is 17.8 Å². The number of nitrogens with two attached hydrogens (primary N) is 1. The van der Waals surface area contributed by atoms with Crippen molar-refractivity contribution in [3.8, 4) is 0 Å². The molecule has 1 aliphatic rings. The van der Waals surface area contributed by atoms with Crippen molar-refractivity contribution < 1.29 is 9.50 Å². The van der Waals surface area contributed by atoms with Crippen LogP contribution in [0.1, 0.15) is 24.8 Å². The zero-order valence-corrected chi connectivity index (χ0v) is 10.4. The Balaban J connectivity index is 2.30. The van der Waals surface area contributed by atoms with Gasteiger partial charge >= 0.3 is 0 Å². The van der Waals surface area contributed by atoms with Gasteiger partial charge in [-0.3, -0.25) is 0 Å². The number of hydrogen-bond acceptors (Lipinski definition) is 2. The highest BCUT2D eigenvalue weighted by molar-refractivity contribution is 6.31. The lowest BCUT2D eigenvalue weighted by molar-refractivity contribution is 0.0583. The molecule has 0 amide bonds. The Kier molecular flexibility index (Phi) is 3.71. The molecule has 1 fully saturated rings. The molecule has 17 heavy (non-hydrogen) atoms. The van der Waals surface area contributed by atoms with Crippen molar-refractivity contribution in [1.29, 1.82) is 0 Å². The lowest BCUT2D eigenvalue weighted by Gasteiger charge is -2.31. The molecule has 0 spiro atoms. The van der Waals surface area contributed by atoms with Crippen LogP contribution in [0.15, 0.2) is 18.2 Å². The topological polar surface area (TPSA) is 46.2 Å². The van der Waals surface area contributed by atoms with Crippen molar-refractivity contribution in [2.45, 2.75) is 31.8 Å². The summed E-state index contributed by atoms with van der Waals surface area (Å²) in [5.74, 6) is -0.315. The number of halogens is 2. The maximum absolute atomic E-state index is 13.7. The second-order valence-electron chi connectivity index (χ2n) is 4.85. The standard InChI is InChI=1S/C13H17ClFNO/c14-10-3-1-4-11(15)9(10)7-13(8-16)6-2-5-12(13)17/h1,3-4,12,17H,2,5-8,16H2. The van der Waals surface area contributed by atoms with Crippen molar-refractivity contribution in [2.24, 2.45) is 11.1 Å². The van der Waals surface area contributed by atoms with Crippen LogP contribution in [0.5, 0.6) is 0 Å². The second-order valence-corrected chi connectivity index (χ2v) is 5.26. The predicted octanol–water partition coefficient (Wildman–Crippen LogP) is 2.51. The Bertz CT molecular complexity index is 392. The molecule has 0 saturated heterocycles. The first-order valence-corrected chi connectivity index (χ1v) is 6.28. The Morgan fingerprint density at radius 2 is 2.29 bits per heavy atom. The summed E-state index contributed by atoms with van der Waals surface area (Å²) in [6.45, 7) is 0.360. The molecule has 0 bridgehead atoms. The van der Waals surface area contributed by atoms with Gasteiger partial charge in [-0.2, -0.15) is 0 Å². The summed E-state index contributed by atoms with van der Waals surface area (Å²) >= 11 is 6.01. The Morgan fingerprint density at radius 1 is 1.53 bits per heavy atom. The van der Waals surface area contributed by atoms with E-state index in [9.17, 15) is 9.50 Å². The molecule has 0 heterocycles. The zero-order valence-electron chi connectivity index (χ0n) is 9.63. The van der Waals surface area contributed by atoms with E-state index in [1.807, 2.05) is 0 Å². The molecule has 2 unspecified atom stereocenters. The van der Waals surface area contributed by atoms with Gasteiger partial charge in [0.2, 0.25) is 0 Å². The molecule has 0 aromatic heterocycles. The van der Waals surface area contributed by atoms with E-state index in [0.717, 1.165) is 19.3 Å². The first-order valence-electron chi connectivity index (χ1n) is 5.90. The van der Waals surface area contributed by atoms with E-state index in [2.05, 4.69) is 0 Å². The molecule has 1 aliphatic carbocycles. The van der Waals surface area contributed by atoms with Gasteiger partial charge in [-0.25, -0.2) is 4.39 Å². The summed E-state index contributed by atoms with van der Waals surface area (Å²) in [5, 5.41) is 10.5. The largest absolute Gasteiger partial charge is 0.392 e. The number of aliphatic hydroxyl groups excluding tert-OH is 1. The van der Waals surface area contributed by atoms with Crippen molar-refractivity contribution in [1.82, 2.24) is 0 Å². The van der Waals surface area contributed by atoms with Crippen LogP contribution in [-0.2, 0) is 6.42 Å². The van der Waals surface area contributed by atoms with Crippen LogP contribution in [0.3, 0.4) is 0 Å². The van der Waals surface area contributed by atoms with Crippen molar-refractivity contribution in [2.75, 3.05) is 6.54 Å². The number of benzene rings is 1. The maximum Gasteiger partial charge on any atom is 0.127 e. The van der Waals surface area contributed by atoms with Gasteiger partial charge in [0.25, 0.3) is 0 Å². The Labute approximate surface area is 106 Å². The third-order valence-electron chi connectivity index (χ3n) is 3.86.